The van der Waals surface area contributed by atoms with Crippen LogP contribution in [0.15, 0.2) is 12.1 Å². The maximum Gasteiger partial charge on any atom is 0.156 e. The number of hydrogen-bond acceptors (Lipinski definition) is 3. The van der Waals surface area contributed by atoms with Crippen LogP contribution in [0.3, 0.4) is 0 Å². The molecule has 1 aliphatic rings. The van der Waals surface area contributed by atoms with Crippen LogP contribution in [0.1, 0.15) is 6.42 Å². The second-order valence-electron chi connectivity index (χ2n) is 3.68. The van der Waals surface area contributed by atoms with Gasteiger partial charge in [0.05, 0.1) is 29.8 Å². The molecular weight excluding hydrogens is 249 g/mol. The largest absolute Gasteiger partial charge is 0.494 e. The van der Waals surface area contributed by atoms with E-state index in [-0.39, 0.29) is 0 Å². The molecule has 2 rings (SSSR count). The van der Waals surface area contributed by atoms with Crippen LogP contribution in [-0.2, 0) is 4.74 Å². The molecule has 1 saturated heterocycles. The third-order valence-electron chi connectivity index (χ3n) is 2.50. The van der Waals surface area contributed by atoms with Crippen molar-refractivity contribution in [3.63, 3.8) is 0 Å². The van der Waals surface area contributed by atoms with Crippen molar-refractivity contribution >= 4 is 28.9 Å². The number of benzene rings is 1. The molecule has 0 aliphatic carbocycles. The highest BCUT2D eigenvalue weighted by atomic mass is 35.5. The van der Waals surface area contributed by atoms with Gasteiger partial charge in [-0.3, -0.25) is 0 Å². The van der Waals surface area contributed by atoms with Crippen molar-refractivity contribution < 1.29 is 9.47 Å². The van der Waals surface area contributed by atoms with Gasteiger partial charge in [0, 0.05) is 12.3 Å². The Morgan fingerprint density at radius 2 is 2.06 bits per heavy atom. The van der Waals surface area contributed by atoms with E-state index >= 15 is 0 Å². The predicted octanol–water partition coefficient (Wildman–Crippen LogP) is 3.20. The molecule has 5 heteroatoms. The van der Waals surface area contributed by atoms with Crippen molar-refractivity contribution in [3.05, 3.63) is 22.2 Å². The summed E-state index contributed by atoms with van der Waals surface area (Å²) < 4.78 is 10.4. The minimum absolute atomic E-state index is 0.334. The van der Waals surface area contributed by atoms with E-state index in [1.165, 1.54) is 0 Å². The molecule has 1 fully saturated rings. The summed E-state index contributed by atoms with van der Waals surface area (Å²) in [6.07, 6.45) is 1.00. The van der Waals surface area contributed by atoms with Gasteiger partial charge in [-0.25, -0.2) is 0 Å². The minimum atomic E-state index is 0.334. The molecule has 0 amide bonds. The Hall–Kier alpha value is -0.640. The van der Waals surface area contributed by atoms with Gasteiger partial charge in [-0.1, -0.05) is 23.2 Å². The Kier molecular flexibility index (Phi) is 3.79. The van der Waals surface area contributed by atoms with Crippen molar-refractivity contribution in [2.45, 2.75) is 12.5 Å². The van der Waals surface area contributed by atoms with Gasteiger partial charge in [0.15, 0.2) is 5.75 Å². The molecule has 3 nitrogen and oxygen atoms in total. The third kappa shape index (κ3) is 2.54. The Bertz CT molecular complexity index is 355. The smallest absolute Gasteiger partial charge is 0.156 e. The number of ether oxygens (including phenoxy) is 2. The molecule has 88 valence electrons. The molecule has 16 heavy (non-hydrogen) atoms. The Morgan fingerprint density at radius 3 is 2.56 bits per heavy atom. The van der Waals surface area contributed by atoms with Crippen LogP contribution in [0.25, 0.3) is 0 Å². The number of anilines is 1. The number of nitrogens with one attached hydrogen (secondary N) is 1. The zero-order valence-electron chi connectivity index (χ0n) is 8.93. The molecule has 1 atom stereocenters. The molecule has 0 bridgehead atoms. The van der Waals surface area contributed by atoms with Gasteiger partial charge in [-0.05, 0) is 18.6 Å². The molecule has 1 aromatic carbocycles. The standard InChI is InChI=1S/C11H13Cl2NO2/c1-15-11-9(12)4-8(5-10(11)13)14-7-2-3-16-6-7/h4-5,7,14H,2-3,6H2,1H3. The highest BCUT2D eigenvalue weighted by molar-refractivity contribution is 6.37. The first-order valence-electron chi connectivity index (χ1n) is 5.08. The average Bonchev–Trinajstić information content (AvgIpc) is 2.70. The molecular formula is C11H13Cl2NO2. The molecule has 1 aromatic rings. The van der Waals surface area contributed by atoms with E-state index in [9.17, 15) is 0 Å². The lowest BCUT2D eigenvalue weighted by Crippen LogP contribution is -2.18. The van der Waals surface area contributed by atoms with Gasteiger partial charge >= 0.3 is 0 Å². The van der Waals surface area contributed by atoms with E-state index in [0.717, 1.165) is 25.3 Å². The van der Waals surface area contributed by atoms with Gasteiger partial charge < -0.3 is 14.8 Å². The Labute approximate surface area is 105 Å². The summed E-state index contributed by atoms with van der Waals surface area (Å²) >= 11 is 12.1. The first kappa shape index (κ1) is 11.8. The van der Waals surface area contributed by atoms with Crippen molar-refractivity contribution in [3.8, 4) is 5.75 Å². The van der Waals surface area contributed by atoms with Crippen LogP contribution in [0.4, 0.5) is 5.69 Å². The second kappa shape index (κ2) is 5.13. The molecule has 1 N–H and O–H groups in total. The highest BCUT2D eigenvalue weighted by Crippen LogP contribution is 2.36. The molecule has 0 radical (unpaired) electrons. The van der Waals surface area contributed by atoms with Crippen LogP contribution in [0, 0.1) is 0 Å². The van der Waals surface area contributed by atoms with Gasteiger partial charge in [-0.15, -0.1) is 0 Å². The van der Waals surface area contributed by atoms with E-state index in [1.54, 1.807) is 7.11 Å². The number of rotatable bonds is 3. The first-order valence-corrected chi connectivity index (χ1v) is 5.83. The van der Waals surface area contributed by atoms with E-state index in [1.807, 2.05) is 12.1 Å². The predicted molar refractivity (Wildman–Crippen MR) is 65.9 cm³/mol. The SMILES string of the molecule is COc1c(Cl)cc(NC2CCOC2)cc1Cl. The van der Waals surface area contributed by atoms with Gasteiger partial charge in [0.25, 0.3) is 0 Å². The number of methoxy groups -OCH3 is 1. The van der Waals surface area contributed by atoms with Crippen LogP contribution >= 0.6 is 23.2 Å². The zero-order chi connectivity index (χ0) is 11.5. The molecule has 1 aliphatic heterocycles. The summed E-state index contributed by atoms with van der Waals surface area (Å²) in [6.45, 7) is 1.52. The Balaban J connectivity index is 2.15. The minimum Gasteiger partial charge on any atom is -0.494 e. The second-order valence-corrected chi connectivity index (χ2v) is 4.49. The summed E-state index contributed by atoms with van der Waals surface area (Å²) in [5, 5.41) is 4.35. The monoisotopic (exact) mass is 261 g/mol. The normalized spacial score (nSPS) is 19.8. The summed E-state index contributed by atoms with van der Waals surface area (Å²) in [6, 6.07) is 3.95. The van der Waals surface area contributed by atoms with Crippen LogP contribution < -0.4 is 10.1 Å². The van der Waals surface area contributed by atoms with Crippen LogP contribution in [-0.4, -0.2) is 26.4 Å². The van der Waals surface area contributed by atoms with E-state index in [0.29, 0.717) is 21.8 Å². The fourth-order valence-electron chi connectivity index (χ4n) is 1.72. The fraction of sp³-hybridized carbons (Fsp3) is 0.455. The first-order chi connectivity index (χ1) is 7.70. The average molecular weight is 262 g/mol. The topological polar surface area (TPSA) is 30.5 Å². The van der Waals surface area contributed by atoms with Crippen molar-refractivity contribution in [2.75, 3.05) is 25.6 Å². The number of hydrogen-bond donors (Lipinski definition) is 1. The quantitative estimate of drug-likeness (QED) is 0.907. The maximum absolute atomic E-state index is 6.04. The fourth-order valence-corrected chi connectivity index (χ4v) is 2.36. The summed E-state index contributed by atoms with van der Waals surface area (Å²) in [4.78, 5) is 0. The molecule has 1 heterocycles. The van der Waals surface area contributed by atoms with Crippen molar-refractivity contribution in [1.82, 2.24) is 0 Å². The lowest BCUT2D eigenvalue weighted by Gasteiger charge is -2.14. The lowest BCUT2D eigenvalue weighted by molar-refractivity contribution is 0.195. The van der Waals surface area contributed by atoms with Gasteiger partial charge in [-0.2, -0.15) is 0 Å². The third-order valence-corrected chi connectivity index (χ3v) is 3.06. The van der Waals surface area contributed by atoms with Gasteiger partial charge in [0.1, 0.15) is 0 Å². The maximum atomic E-state index is 6.04. The van der Waals surface area contributed by atoms with Crippen molar-refractivity contribution in [1.29, 1.82) is 0 Å². The summed E-state index contributed by atoms with van der Waals surface area (Å²) in [7, 11) is 1.55. The number of halogens is 2. The molecule has 0 aromatic heterocycles. The summed E-state index contributed by atoms with van der Waals surface area (Å²) in [5.74, 6) is 0.511. The van der Waals surface area contributed by atoms with E-state index < -0.39 is 0 Å². The van der Waals surface area contributed by atoms with E-state index in [2.05, 4.69) is 5.32 Å². The highest BCUT2D eigenvalue weighted by Gasteiger charge is 2.16. The Morgan fingerprint density at radius 1 is 1.38 bits per heavy atom. The van der Waals surface area contributed by atoms with E-state index in [4.69, 9.17) is 32.7 Å². The summed E-state index contributed by atoms with van der Waals surface area (Å²) in [5.41, 5.74) is 0.895. The molecule has 0 saturated carbocycles. The zero-order valence-corrected chi connectivity index (χ0v) is 10.4. The van der Waals surface area contributed by atoms with Crippen LogP contribution in [0.2, 0.25) is 10.0 Å². The van der Waals surface area contributed by atoms with Gasteiger partial charge in [0.2, 0.25) is 0 Å². The van der Waals surface area contributed by atoms with Crippen LogP contribution in [0.5, 0.6) is 5.75 Å². The molecule has 1 unspecified atom stereocenters. The van der Waals surface area contributed by atoms with Crippen molar-refractivity contribution in [2.24, 2.45) is 0 Å². The lowest BCUT2D eigenvalue weighted by atomic mass is 10.2. The molecule has 0 spiro atoms.